The Morgan fingerprint density at radius 2 is 1.75 bits per heavy atom. The fraction of sp³-hybridized carbons (Fsp3) is 0.125. The summed E-state index contributed by atoms with van der Waals surface area (Å²) in [6, 6.07) is 6.76. The van der Waals surface area contributed by atoms with Gasteiger partial charge in [-0.2, -0.15) is 17.7 Å². The molecule has 0 spiro atoms. The number of benzene rings is 1. The number of hydrogen-bond donors (Lipinski definition) is 0. The fourth-order valence-corrected chi connectivity index (χ4v) is 0.659. The summed E-state index contributed by atoms with van der Waals surface area (Å²) < 4.78 is 4.88. The van der Waals surface area contributed by atoms with E-state index in [1.165, 1.54) is 0 Å². The third-order valence-electron chi connectivity index (χ3n) is 1.21. The van der Waals surface area contributed by atoms with Crippen LogP contribution in [0.5, 0.6) is 5.75 Å². The van der Waals surface area contributed by atoms with Gasteiger partial charge in [0.05, 0.1) is 19.1 Å². The van der Waals surface area contributed by atoms with E-state index in [1.54, 1.807) is 37.7 Å². The molecule has 0 atom stereocenters. The first-order valence-corrected chi connectivity index (χ1v) is 2.89. The molecule has 0 saturated heterocycles. The molecule has 0 aliphatic rings. The predicted octanol–water partition coefficient (Wildman–Crippen LogP) is -2.02. The van der Waals surface area contributed by atoms with Crippen LogP contribution in [0.1, 0.15) is 5.56 Å². The standard InChI is InChI=1S/C8H7O2.Na.H2O/c1-10-8-4-2-7(6-9)3-5-8;;/h2-5H,1H3;;1H2/q-1;+1;/p-1. The third-order valence-corrected chi connectivity index (χ3v) is 1.21. The Balaban J connectivity index is 0. The quantitative estimate of drug-likeness (QED) is 0.385. The predicted molar refractivity (Wildman–Crippen MR) is 39.7 cm³/mol. The van der Waals surface area contributed by atoms with Crippen LogP contribution in [0, 0.1) is 0 Å². The molecule has 0 radical (unpaired) electrons. The summed E-state index contributed by atoms with van der Waals surface area (Å²) in [5.41, 5.74) is 0.542. The molecular formula is C8H8NaO3-. The molecule has 0 heterocycles. The van der Waals surface area contributed by atoms with Crippen molar-refractivity contribution < 1.29 is 44.6 Å². The summed E-state index contributed by atoms with van der Waals surface area (Å²) in [5, 5.41) is 0. The Kier molecular flexibility index (Phi) is 8.64. The van der Waals surface area contributed by atoms with Crippen molar-refractivity contribution in [3.63, 3.8) is 0 Å². The van der Waals surface area contributed by atoms with Crippen molar-refractivity contribution in [1.82, 2.24) is 0 Å². The minimum absolute atomic E-state index is 0. The van der Waals surface area contributed by atoms with Crippen molar-refractivity contribution in [2.45, 2.75) is 0 Å². The van der Waals surface area contributed by atoms with Crippen molar-refractivity contribution in [3.8, 4) is 5.75 Å². The summed E-state index contributed by atoms with van der Waals surface area (Å²) in [4.78, 5) is 10.0. The maximum absolute atomic E-state index is 10.0. The smallest absolute Gasteiger partial charge is 0.870 e. The zero-order chi connectivity index (χ0) is 7.40. The Hall–Kier alpha value is -0.350. The van der Waals surface area contributed by atoms with Crippen LogP contribution in [0.4, 0.5) is 0 Å². The van der Waals surface area contributed by atoms with Gasteiger partial charge in [0.2, 0.25) is 0 Å². The van der Waals surface area contributed by atoms with Gasteiger partial charge in [-0.3, -0.25) is 0 Å². The van der Waals surface area contributed by atoms with Crippen molar-refractivity contribution in [1.29, 1.82) is 0 Å². The second-order valence-electron chi connectivity index (χ2n) is 1.83. The first kappa shape index (κ1) is 14.2. The molecule has 1 rings (SSSR count). The number of ether oxygens (including phenoxy) is 1. The molecule has 0 unspecified atom stereocenters. The van der Waals surface area contributed by atoms with Gasteiger partial charge < -0.3 is 15.0 Å². The van der Waals surface area contributed by atoms with Gasteiger partial charge in [-0.05, 0) is 0 Å². The van der Waals surface area contributed by atoms with E-state index in [1.807, 2.05) is 0 Å². The monoisotopic (exact) mass is 175 g/mol. The zero-order valence-corrected chi connectivity index (χ0v) is 9.07. The van der Waals surface area contributed by atoms with Gasteiger partial charge >= 0.3 is 29.6 Å². The van der Waals surface area contributed by atoms with E-state index in [4.69, 9.17) is 4.74 Å². The Bertz CT molecular complexity index is 220. The Labute approximate surface area is 93.3 Å². The van der Waals surface area contributed by atoms with Gasteiger partial charge in [0.15, 0.2) is 0 Å². The third kappa shape index (κ3) is 3.88. The van der Waals surface area contributed by atoms with Crippen LogP contribution in [0.15, 0.2) is 24.3 Å². The molecular weight excluding hydrogens is 167 g/mol. The number of carbonyl (C=O) groups excluding carboxylic acids is 1. The average molecular weight is 175 g/mol. The van der Waals surface area contributed by atoms with Gasteiger partial charge in [0, 0.05) is 0 Å². The molecule has 0 aliphatic heterocycles. The van der Waals surface area contributed by atoms with Crippen LogP contribution in [-0.4, -0.2) is 18.9 Å². The molecule has 0 fully saturated rings. The minimum Gasteiger partial charge on any atom is -0.870 e. The van der Waals surface area contributed by atoms with Crippen LogP contribution in [0.2, 0.25) is 0 Å². The van der Waals surface area contributed by atoms with E-state index in [-0.39, 0.29) is 35.0 Å². The van der Waals surface area contributed by atoms with Gasteiger partial charge in [0.1, 0.15) is 0 Å². The SMILES string of the molecule is COc1ccc([C-]=O)cc1.[Na+].[OH-]. The number of methoxy groups -OCH3 is 1. The first-order valence-electron chi connectivity index (χ1n) is 2.89. The van der Waals surface area contributed by atoms with Gasteiger partial charge in [-0.1, -0.05) is 12.1 Å². The van der Waals surface area contributed by atoms with Crippen LogP contribution < -0.4 is 34.3 Å². The van der Waals surface area contributed by atoms with E-state index in [0.717, 1.165) is 5.75 Å². The van der Waals surface area contributed by atoms with Crippen molar-refractivity contribution in [2.75, 3.05) is 7.11 Å². The van der Waals surface area contributed by atoms with E-state index in [2.05, 4.69) is 0 Å². The van der Waals surface area contributed by atoms with Crippen molar-refractivity contribution in [3.05, 3.63) is 29.8 Å². The Morgan fingerprint density at radius 3 is 2.08 bits per heavy atom. The van der Waals surface area contributed by atoms with Crippen LogP contribution in [-0.2, 0) is 4.79 Å². The second kappa shape index (κ2) is 7.31. The molecule has 12 heavy (non-hydrogen) atoms. The van der Waals surface area contributed by atoms with Gasteiger partial charge in [-0.25, -0.2) is 0 Å². The van der Waals surface area contributed by atoms with Gasteiger partial charge in [0.25, 0.3) is 0 Å². The summed E-state index contributed by atoms with van der Waals surface area (Å²) in [6.07, 6.45) is 1.77. The molecule has 0 aromatic heterocycles. The molecule has 60 valence electrons. The molecule has 1 N–H and O–H groups in total. The molecule has 0 saturated carbocycles. The number of hydrogen-bond acceptors (Lipinski definition) is 3. The first-order chi connectivity index (χ1) is 4.86. The van der Waals surface area contributed by atoms with Crippen molar-refractivity contribution >= 4 is 6.29 Å². The van der Waals surface area contributed by atoms with E-state index in [0.29, 0.717) is 5.56 Å². The fourth-order valence-electron chi connectivity index (χ4n) is 0.659. The summed E-state index contributed by atoms with van der Waals surface area (Å²) in [5.74, 6) is 0.749. The maximum atomic E-state index is 10.0. The Morgan fingerprint density at radius 1 is 1.25 bits per heavy atom. The molecule has 4 heteroatoms. The molecule has 1 aromatic rings. The van der Waals surface area contributed by atoms with Crippen molar-refractivity contribution in [2.24, 2.45) is 0 Å². The minimum atomic E-state index is 0. The molecule has 0 bridgehead atoms. The summed E-state index contributed by atoms with van der Waals surface area (Å²) in [6.45, 7) is 0. The molecule has 3 nitrogen and oxygen atoms in total. The molecule has 0 amide bonds. The molecule has 0 aliphatic carbocycles. The van der Waals surface area contributed by atoms with E-state index >= 15 is 0 Å². The maximum Gasteiger partial charge on any atom is 1.00 e. The summed E-state index contributed by atoms with van der Waals surface area (Å²) in [7, 11) is 1.58. The largest absolute Gasteiger partial charge is 1.00 e. The molecule has 1 aromatic carbocycles. The van der Waals surface area contributed by atoms with Crippen LogP contribution in [0.3, 0.4) is 0 Å². The van der Waals surface area contributed by atoms with Crippen LogP contribution >= 0.6 is 0 Å². The average Bonchev–Trinajstić information content (AvgIpc) is 2.05. The number of rotatable bonds is 2. The van der Waals surface area contributed by atoms with Gasteiger partial charge in [-0.15, -0.1) is 0 Å². The van der Waals surface area contributed by atoms with E-state index in [9.17, 15) is 4.79 Å². The normalized spacial score (nSPS) is 7.42. The second-order valence-corrected chi connectivity index (χ2v) is 1.83. The van der Waals surface area contributed by atoms with E-state index < -0.39 is 0 Å². The topological polar surface area (TPSA) is 56.3 Å². The zero-order valence-electron chi connectivity index (χ0n) is 7.07. The summed E-state index contributed by atoms with van der Waals surface area (Å²) >= 11 is 0. The van der Waals surface area contributed by atoms with Crippen LogP contribution in [0.25, 0.3) is 0 Å².